The van der Waals surface area contributed by atoms with Crippen molar-refractivity contribution in [1.29, 1.82) is 0 Å². The van der Waals surface area contributed by atoms with Crippen molar-refractivity contribution in [3.8, 4) is 0 Å². The van der Waals surface area contributed by atoms with Gasteiger partial charge in [0, 0.05) is 23.2 Å². The van der Waals surface area contributed by atoms with Crippen molar-refractivity contribution in [2.45, 2.75) is 89.6 Å². The van der Waals surface area contributed by atoms with Crippen molar-refractivity contribution in [1.82, 2.24) is 20.2 Å². The molecule has 0 spiro atoms. The zero-order chi connectivity index (χ0) is 34.4. The summed E-state index contributed by atoms with van der Waals surface area (Å²) < 4.78 is 12.3. The minimum absolute atomic E-state index is 0.0462. The van der Waals surface area contributed by atoms with Gasteiger partial charge in [-0.2, -0.15) is 0 Å². The van der Waals surface area contributed by atoms with Crippen LogP contribution in [0.5, 0.6) is 0 Å². The van der Waals surface area contributed by atoms with Gasteiger partial charge in [-0.3, -0.25) is 9.59 Å². The zero-order valence-electron chi connectivity index (χ0n) is 26.8. The van der Waals surface area contributed by atoms with E-state index in [2.05, 4.69) is 15.6 Å². The van der Waals surface area contributed by atoms with E-state index >= 15 is 0 Å². The van der Waals surface area contributed by atoms with E-state index in [1.54, 1.807) is 82.6 Å². The Balaban J connectivity index is 1.88. The molecule has 2 N–H and O–H groups in total. The van der Waals surface area contributed by atoms with Crippen molar-refractivity contribution in [3.05, 3.63) is 87.9 Å². The molecule has 1 aromatic heterocycles. The number of ketones is 1. The zero-order valence-corrected chi connectivity index (χ0v) is 29.1. The summed E-state index contributed by atoms with van der Waals surface area (Å²) in [5.74, 6) is -1.73. The molecule has 0 saturated carbocycles. The number of amides is 2. The average Bonchev–Trinajstić information content (AvgIpc) is 3.37. The lowest BCUT2D eigenvalue weighted by Gasteiger charge is -2.27. The Kier molecular flexibility index (Phi) is 11.9. The number of benzene rings is 2. The van der Waals surface area contributed by atoms with Crippen LogP contribution in [-0.4, -0.2) is 56.6 Å². The summed E-state index contributed by atoms with van der Waals surface area (Å²) in [4.78, 5) is 55.3. The Labute approximate surface area is 284 Å². The fourth-order valence-electron chi connectivity index (χ4n) is 4.36. The van der Waals surface area contributed by atoms with Crippen molar-refractivity contribution in [2.24, 2.45) is 0 Å². The molecule has 10 nitrogen and oxygen atoms in total. The molecule has 0 aliphatic rings. The summed E-state index contributed by atoms with van der Waals surface area (Å²) >= 11 is 19.6. The van der Waals surface area contributed by atoms with Crippen molar-refractivity contribution >= 4 is 58.6 Å². The smallest absolute Gasteiger partial charge is 0.408 e. The Morgan fingerprint density at radius 1 is 0.913 bits per heavy atom. The molecule has 0 bridgehead atoms. The second-order valence-electron chi connectivity index (χ2n) is 12.8. The Bertz CT molecular complexity index is 1570. The van der Waals surface area contributed by atoms with Crippen LogP contribution in [0.2, 0.25) is 10.0 Å². The standard InChI is InChI=1S/C33H39Cl3N4O6/c1-20(29(43)45-31(2,3)4)38-28(42)26(39-30(44)46-32(5,6)7)16-23-17-40(19-37-23)18-33(36,21-11-9-8-10-12-21)27(41)24-14-13-22(34)15-25(24)35/h8-15,17,19-20,26H,16,18H2,1-7H3,(H,38,42)(H,39,44)/t20-,26-,33?/m0/s1. The van der Waals surface area contributed by atoms with Crippen LogP contribution in [0.3, 0.4) is 0 Å². The Morgan fingerprint density at radius 2 is 1.54 bits per heavy atom. The van der Waals surface area contributed by atoms with E-state index < -0.39 is 51.9 Å². The number of imidazole rings is 1. The van der Waals surface area contributed by atoms with Gasteiger partial charge in [-0.1, -0.05) is 53.5 Å². The molecule has 1 heterocycles. The van der Waals surface area contributed by atoms with Gasteiger partial charge in [0.05, 0.1) is 23.6 Å². The van der Waals surface area contributed by atoms with Gasteiger partial charge in [-0.05, 0) is 72.2 Å². The van der Waals surface area contributed by atoms with Crippen LogP contribution >= 0.6 is 34.8 Å². The van der Waals surface area contributed by atoms with Gasteiger partial charge in [0.25, 0.3) is 0 Å². The van der Waals surface area contributed by atoms with Gasteiger partial charge in [0.1, 0.15) is 23.3 Å². The third kappa shape index (κ3) is 10.5. The number of nitrogens with one attached hydrogen (secondary N) is 2. The predicted molar refractivity (Wildman–Crippen MR) is 177 cm³/mol. The number of alkyl carbamates (subject to hydrolysis) is 1. The molecule has 2 amide bonds. The largest absolute Gasteiger partial charge is 0.458 e. The van der Waals surface area contributed by atoms with E-state index in [1.807, 2.05) is 6.07 Å². The maximum Gasteiger partial charge on any atom is 0.408 e. The summed E-state index contributed by atoms with van der Waals surface area (Å²) in [5, 5.41) is 5.70. The maximum atomic E-state index is 13.9. The highest BCUT2D eigenvalue weighted by Crippen LogP contribution is 2.37. The molecule has 0 aliphatic carbocycles. The van der Waals surface area contributed by atoms with Gasteiger partial charge in [-0.25, -0.2) is 14.6 Å². The van der Waals surface area contributed by atoms with Gasteiger partial charge in [0.15, 0.2) is 10.7 Å². The number of nitrogens with zero attached hydrogens (tertiary/aromatic N) is 2. The van der Waals surface area contributed by atoms with Gasteiger partial charge < -0.3 is 24.7 Å². The molecule has 0 aliphatic heterocycles. The molecule has 3 rings (SSSR count). The van der Waals surface area contributed by atoms with E-state index in [-0.39, 0.29) is 23.6 Å². The topological polar surface area (TPSA) is 129 Å². The molecule has 248 valence electrons. The summed E-state index contributed by atoms with van der Waals surface area (Å²) in [6, 6.07) is 11.2. The maximum absolute atomic E-state index is 13.9. The van der Waals surface area contributed by atoms with Crippen molar-refractivity contribution in [3.63, 3.8) is 0 Å². The normalized spacial score (nSPS) is 14.4. The van der Waals surface area contributed by atoms with Crippen LogP contribution in [0.4, 0.5) is 4.79 Å². The minimum atomic E-state index is -1.59. The number of hydrogen-bond donors (Lipinski definition) is 2. The summed E-state index contributed by atoms with van der Waals surface area (Å²) in [6.07, 6.45) is 2.19. The van der Waals surface area contributed by atoms with Crippen molar-refractivity contribution < 1.29 is 28.7 Å². The quantitative estimate of drug-likeness (QED) is 0.134. The molecule has 0 saturated heterocycles. The van der Waals surface area contributed by atoms with Crippen LogP contribution in [0.25, 0.3) is 0 Å². The van der Waals surface area contributed by atoms with Gasteiger partial charge in [0.2, 0.25) is 5.91 Å². The number of Topliss-reactive ketones (excluding diaryl/α,β-unsaturated/α-hetero) is 1. The number of rotatable bonds is 11. The molecule has 3 aromatic rings. The highest BCUT2D eigenvalue weighted by molar-refractivity contribution is 6.42. The van der Waals surface area contributed by atoms with E-state index in [4.69, 9.17) is 44.3 Å². The number of esters is 1. The highest BCUT2D eigenvalue weighted by atomic mass is 35.5. The van der Waals surface area contributed by atoms with E-state index in [1.165, 1.54) is 25.4 Å². The van der Waals surface area contributed by atoms with Crippen LogP contribution < -0.4 is 10.6 Å². The summed E-state index contributed by atoms with van der Waals surface area (Å²) in [5.41, 5.74) is -0.456. The number of hydrogen-bond acceptors (Lipinski definition) is 7. The molecule has 0 fully saturated rings. The number of halogens is 3. The van der Waals surface area contributed by atoms with E-state index in [0.29, 0.717) is 16.3 Å². The second kappa shape index (κ2) is 14.9. The molecule has 0 radical (unpaired) electrons. The first kappa shape index (κ1) is 36.9. The monoisotopic (exact) mass is 692 g/mol. The predicted octanol–water partition coefficient (Wildman–Crippen LogP) is 6.49. The number of ether oxygens (including phenoxy) is 2. The molecule has 46 heavy (non-hydrogen) atoms. The van der Waals surface area contributed by atoms with E-state index in [0.717, 1.165) is 0 Å². The SMILES string of the molecule is C[C@H](NC(=O)[C@H](Cc1cn(CC(Cl)(C(=O)c2ccc(Cl)cc2Cl)c2ccccc2)cn1)NC(=O)OC(C)(C)C)C(=O)OC(C)(C)C. The minimum Gasteiger partial charge on any atom is -0.458 e. The number of alkyl halides is 1. The van der Waals surface area contributed by atoms with Crippen LogP contribution in [0, 0.1) is 0 Å². The third-order valence-corrected chi connectivity index (χ3v) is 7.45. The first-order chi connectivity index (χ1) is 21.3. The fraction of sp³-hybridized carbons (Fsp3) is 0.424. The molecular weight excluding hydrogens is 655 g/mol. The van der Waals surface area contributed by atoms with Gasteiger partial charge >= 0.3 is 12.1 Å². The number of aromatic nitrogens is 2. The molecule has 1 unspecified atom stereocenters. The molecule has 3 atom stereocenters. The number of carbonyl (C=O) groups is 4. The lowest BCUT2D eigenvalue weighted by Crippen LogP contribution is -2.53. The highest BCUT2D eigenvalue weighted by Gasteiger charge is 2.40. The van der Waals surface area contributed by atoms with Crippen LogP contribution in [0.15, 0.2) is 61.1 Å². The van der Waals surface area contributed by atoms with Crippen LogP contribution in [-0.2, 0) is 36.9 Å². The fourth-order valence-corrected chi connectivity index (χ4v) is 5.22. The molecule has 2 aromatic carbocycles. The number of carbonyl (C=O) groups excluding carboxylic acids is 4. The second-order valence-corrected chi connectivity index (χ2v) is 14.3. The molecule has 13 heteroatoms. The molecular formula is C33H39Cl3N4O6. The average molecular weight is 694 g/mol. The van der Waals surface area contributed by atoms with Crippen molar-refractivity contribution in [2.75, 3.05) is 0 Å². The summed E-state index contributed by atoms with van der Waals surface area (Å²) in [6.45, 7) is 11.7. The van der Waals surface area contributed by atoms with E-state index in [9.17, 15) is 19.2 Å². The third-order valence-electron chi connectivity index (χ3n) is 6.39. The lowest BCUT2D eigenvalue weighted by atomic mass is 9.89. The first-order valence-electron chi connectivity index (χ1n) is 14.5. The summed E-state index contributed by atoms with van der Waals surface area (Å²) in [7, 11) is 0. The first-order valence-corrected chi connectivity index (χ1v) is 15.7. The van der Waals surface area contributed by atoms with Gasteiger partial charge in [-0.15, -0.1) is 11.6 Å². The van der Waals surface area contributed by atoms with Crippen LogP contribution in [0.1, 0.15) is 70.1 Å². The lowest BCUT2D eigenvalue weighted by molar-refractivity contribution is -0.158. The Hall–Kier alpha value is -3.60. The Morgan fingerprint density at radius 3 is 2.13 bits per heavy atom.